The van der Waals surface area contributed by atoms with Crippen LogP contribution in [-0.4, -0.2) is 18.4 Å². The Morgan fingerprint density at radius 1 is 1.28 bits per heavy atom. The van der Waals surface area contributed by atoms with Gasteiger partial charge in [-0.1, -0.05) is 32.9 Å². The first kappa shape index (κ1) is 22.9. The molecule has 2 aromatic heterocycles. The fourth-order valence-corrected chi connectivity index (χ4v) is 5.80. The van der Waals surface area contributed by atoms with Gasteiger partial charge in [-0.3, -0.25) is 4.79 Å². The molecule has 1 aromatic carbocycles. The first-order valence-electron chi connectivity index (χ1n) is 11.0. The Kier molecular flexibility index (Phi) is 6.91. The van der Waals surface area contributed by atoms with E-state index in [2.05, 4.69) is 56.6 Å². The van der Waals surface area contributed by atoms with Gasteiger partial charge in [0, 0.05) is 16.0 Å². The molecule has 0 fully saturated rings. The van der Waals surface area contributed by atoms with Gasteiger partial charge in [-0.2, -0.15) is 0 Å². The van der Waals surface area contributed by atoms with Gasteiger partial charge in [0.05, 0.1) is 18.4 Å². The second kappa shape index (κ2) is 9.67. The molecule has 3 aromatic rings. The molecular formula is C26H30N2O2S2. The Hall–Kier alpha value is -2.31. The average molecular weight is 467 g/mol. The molecule has 0 unspecified atom stereocenters. The van der Waals surface area contributed by atoms with Crippen molar-refractivity contribution >= 4 is 40.2 Å². The van der Waals surface area contributed by atoms with Gasteiger partial charge < -0.3 is 9.73 Å². The quantitative estimate of drug-likeness (QED) is 0.318. The van der Waals surface area contributed by atoms with Gasteiger partial charge in [0.2, 0.25) is 0 Å². The van der Waals surface area contributed by atoms with E-state index in [1.165, 1.54) is 15.3 Å². The normalized spacial score (nSPS) is 16.3. The number of rotatable bonds is 6. The zero-order valence-electron chi connectivity index (χ0n) is 19.1. The smallest absolute Gasteiger partial charge is 0.255 e. The van der Waals surface area contributed by atoms with Crippen molar-refractivity contribution in [2.24, 2.45) is 16.3 Å². The summed E-state index contributed by atoms with van der Waals surface area (Å²) in [5.41, 5.74) is 3.20. The summed E-state index contributed by atoms with van der Waals surface area (Å²) in [5.74, 6) is 1.29. The van der Waals surface area contributed by atoms with Gasteiger partial charge in [-0.05, 0) is 72.2 Å². The molecule has 0 aliphatic heterocycles. The monoisotopic (exact) mass is 466 g/mol. The Morgan fingerprint density at radius 2 is 2.06 bits per heavy atom. The third-order valence-electron chi connectivity index (χ3n) is 6.15. The molecule has 1 amide bonds. The highest BCUT2D eigenvalue weighted by Gasteiger charge is 2.33. The largest absolute Gasteiger partial charge is 0.467 e. The van der Waals surface area contributed by atoms with Crippen LogP contribution in [0.2, 0.25) is 0 Å². The van der Waals surface area contributed by atoms with E-state index in [-0.39, 0.29) is 11.3 Å². The fraction of sp³-hybridized carbons (Fsp3) is 0.385. The molecule has 1 aliphatic carbocycles. The average Bonchev–Trinajstić information content (AvgIpc) is 3.42. The fourth-order valence-electron chi connectivity index (χ4n) is 4.13. The number of benzene rings is 1. The van der Waals surface area contributed by atoms with E-state index in [0.717, 1.165) is 41.2 Å². The maximum absolute atomic E-state index is 13.2. The summed E-state index contributed by atoms with van der Waals surface area (Å²) in [7, 11) is 0. The summed E-state index contributed by atoms with van der Waals surface area (Å²) in [6.07, 6.45) is 8.60. The number of nitrogens with zero attached hydrogens (tertiary/aromatic N) is 1. The van der Waals surface area contributed by atoms with Gasteiger partial charge in [0.15, 0.2) is 0 Å². The number of fused-ring (bicyclic) bond motifs is 1. The van der Waals surface area contributed by atoms with E-state index in [9.17, 15) is 4.79 Å². The Labute approximate surface area is 198 Å². The SMILES string of the molecule is CSc1ccc(C=Nc2sc3c(c2C(=O)NCc2ccco2)CC[C@@H](C(C)(C)C)C3)cc1. The molecule has 4 rings (SSSR count). The van der Waals surface area contributed by atoms with Crippen LogP contribution in [0, 0.1) is 11.3 Å². The Bertz CT molecular complexity index is 1090. The highest BCUT2D eigenvalue weighted by atomic mass is 32.2. The lowest BCUT2D eigenvalue weighted by Crippen LogP contribution is -2.28. The molecule has 0 spiro atoms. The van der Waals surface area contributed by atoms with Gasteiger partial charge in [0.25, 0.3) is 5.91 Å². The van der Waals surface area contributed by atoms with E-state index in [4.69, 9.17) is 9.41 Å². The minimum Gasteiger partial charge on any atom is -0.467 e. The molecule has 6 heteroatoms. The summed E-state index contributed by atoms with van der Waals surface area (Å²) in [4.78, 5) is 20.6. The van der Waals surface area contributed by atoms with Crippen LogP contribution < -0.4 is 5.32 Å². The van der Waals surface area contributed by atoms with Gasteiger partial charge in [-0.15, -0.1) is 23.1 Å². The summed E-state index contributed by atoms with van der Waals surface area (Å²) >= 11 is 3.39. The minimum absolute atomic E-state index is 0.0713. The zero-order valence-corrected chi connectivity index (χ0v) is 20.7. The molecule has 168 valence electrons. The second-order valence-electron chi connectivity index (χ2n) is 9.28. The number of amides is 1. The summed E-state index contributed by atoms with van der Waals surface area (Å²) < 4.78 is 5.38. The third kappa shape index (κ3) is 5.18. The van der Waals surface area contributed by atoms with Crippen molar-refractivity contribution < 1.29 is 9.21 Å². The Balaban J connectivity index is 1.63. The molecule has 32 heavy (non-hydrogen) atoms. The van der Waals surface area contributed by atoms with Crippen LogP contribution in [-0.2, 0) is 19.4 Å². The Morgan fingerprint density at radius 3 is 2.72 bits per heavy atom. The standard InChI is InChI=1S/C26H30N2O2S2/c1-26(2,3)18-9-12-21-22(14-18)32-25(28-15-17-7-10-20(31-4)11-8-17)23(21)24(29)27-16-19-6-5-13-30-19/h5-8,10-11,13,15,18H,9,12,14,16H2,1-4H3,(H,27,29)/t18-/m1/s1. The highest BCUT2D eigenvalue weighted by Crippen LogP contribution is 2.45. The molecule has 0 bridgehead atoms. The number of carbonyl (C=O) groups is 1. The van der Waals surface area contributed by atoms with Crippen molar-refractivity contribution in [1.29, 1.82) is 0 Å². The number of hydrogen-bond donors (Lipinski definition) is 1. The predicted octanol–water partition coefficient (Wildman–Crippen LogP) is 6.89. The van der Waals surface area contributed by atoms with E-state index >= 15 is 0 Å². The summed E-state index contributed by atoms with van der Waals surface area (Å²) in [6, 6.07) is 12.0. The molecule has 4 nitrogen and oxygen atoms in total. The second-order valence-corrected chi connectivity index (χ2v) is 11.2. The molecule has 0 saturated heterocycles. The first-order chi connectivity index (χ1) is 15.3. The minimum atomic E-state index is -0.0713. The van der Waals surface area contributed by atoms with Crippen molar-refractivity contribution in [3.8, 4) is 0 Å². The molecule has 1 N–H and O–H groups in total. The maximum Gasteiger partial charge on any atom is 0.255 e. The van der Waals surface area contributed by atoms with Crippen molar-refractivity contribution in [1.82, 2.24) is 5.32 Å². The lowest BCUT2D eigenvalue weighted by molar-refractivity contribution is 0.0947. The van der Waals surface area contributed by atoms with Crippen LogP contribution in [0.5, 0.6) is 0 Å². The number of furan rings is 1. The molecule has 1 atom stereocenters. The van der Waals surface area contributed by atoms with Gasteiger partial charge in [-0.25, -0.2) is 4.99 Å². The highest BCUT2D eigenvalue weighted by molar-refractivity contribution is 7.98. The number of thiophene rings is 1. The van der Waals surface area contributed by atoms with Gasteiger partial charge in [0.1, 0.15) is 10.8 Å². The lowest BCUT2D eigenvalue weighted by Gasteiger charge is -2.33. The molecule has 1 aliphatic rings. The molecule has 2 heterocycles. The molecule has 0 radical (unpaired) electrons. The topological polar surface area (TPSA) is 54.6 Å². The maximum atomic E-state index is 13.2. The van der Waals surface area contributed by atoms with Crippen molar-refractivity contribution in [2.45, 2.75) is 51.5 Å². The van der Waals surface area contributed by atoms with Crippen molar-refractivity contribution in [3.05, 3.63) is 70.0 Å². The van der Waals surface area contributed by atoms with E-state index in [1.54, 1.807) is 29.4 Å². The first-order valence-corrected chi connectivity index (χ1v) is 13.0. The number of thioether (sulfide) groups is 1. The van der Waals surface area contributed by atoms with Crippen LogP contribution in [0.3, 0.4) is 0 Å². The van der Waals surface area contributed by atoms with Crippen LogP contribution in [0.25, 0.3) is 0 Å². The summed E-state index contributed by atoms with van der Waals surface area (Å²) in [5, 5.41) is 3.83. The molecule has 0 saturated carbocycles. The predicted molar refractivity (Wildman–Crippen MR) is 135 cm³/mol. The van der Waals surface area contributed by atoms with Crippen LogP contribution in [0.4, 0.5) is 5.00 Å². The number of nitrogens with one attached hydrogen (secondary N) is 1. The number of carbonyl (C=O) groups excluding carboxylic acids is 1. The lowest BCUT2D eigenvalue weighted by atomic mass is 9.72. The number of hydrogen-bond acceptors (Lipinski definition) is 5. The van der Waals surface area contributed by atoms with E-state index < -0.39 is 0 Å². The zero-order chi connectivity index (χ0) is 22.7. The van der Waals surface area contributed by atoms with Gasteiger partial charge >= 0.3 is 0 Å². The van der Waals surface area contributed by atoms with Crippen LogP contribution in [0.1, 0.15) is 59.3 Å². The van der Waals surface area contributed by atoms with Crippen molar-refractivity contribution in [2.75, 3.05) is 6.26 Å². The van der Waals surface area contributed by atoms with Crippen LogP contribution in [0.15, 0.2) is 57.0 Å². The van der Waals surface area contributed by atoms with Crippen molar-refractivity contribution in [3.63, 3.8) is 0 Å². The van der Waals surface area contributed by atoms with E-state index in [0.29, 0.717) is 12.5 Å². The number of aliphatic imine (C=N–C) groups is 1. The van der Waals surface area contributed by atoms with E-state index in [1.807, 2.05) is 18.3 Å². The summed E-state index contributed by atoms with van der Waals surface area (Å²) in [6.45, 7) is 7.31. The van der Waals surface area contributed by atoms with Crippen LogP contribution >= 0.6 is 23.1 Å². The molecular weight excluding hydrogens is 436 g/mol. The third-order valence-corrected chi connectivity index (χ3v) is 8.05.